The Morgan fingerprint density at radius 1 is 1.11 bits per heavy atom. The Balaban J connectivity index is 1.61. The van der Waals surface area contributed by atoms with Gasteiger partial charge in [-0.1, -0.05) is 18.2 Å². The van der Waals surface area contributed by atoms with Crippen molar-refractivity contribution in [3.63, 3.8) is 0 Å². The van der Waals surface area contributed by atoms with E-state index in [0.29, 0.717) is 18.2 Å². The van der Waals surface area contributed by atoms with E-state index in [1.807, 2.05) is 22.9 Å². The third-order valence-corrected chi connectivity index (χ3v) is 5.39. The molecule has 2 N–H and O–H groups in total. The quantitative estimate of drug-likeness (QED) is 0.706. The molecule has 6 heteroatoms. The first-order chi connectivity index (χ1) is 13.2. The van der Waals surface area contributed by atoms with Gasteiger partial charge in [0.15, 0.2) is 0 Å². The van der Waals surface area contributed by atoms with E-state index in [9.17, 15) is 4.39 Å². The molecule has 1 saturated heterocycles. The second-order valence-electron chi connectivity index (χ2n) is 9.14. The Bertz CT molecular complexity index is 976. The van der Waals surface area contributed by atoms with Gasteiger partial charge < -0.3 is 15.2 Å². The number of aromatic nitrogens is 3. The van der Waals surface area contributed by atoms with E-state index in [4.69, 9.17) is 0 Å². The van der Waals surface area contributed by atoms with Crippen LogP contribution in [0.25, 0.3) is 11.0 Å². The monoisotopic (exact) mass is 381 g/mol. The molecule has 0 aliphatic carbocycles. The SMILES string of the molecule is CC1(C)CC(Nc2ncnc3c2ccn3Cc2ccccc2F)CC(C)(C)N1. The summed E-state index contributed by atoms with van der Waals surface area (Å²) in [5.74, 6) is 0.645. The molecule has 2 aromatic heterocycles. The number of hydrogen-bond donors (Lipinski definition) is 2. The van der Waals surface area contributed by atoms with Crippen molar-refractivity contribution < 1.29 is 4.39 Å². The molecule has 3 heterocycles. The zero-order valence-corrected chi connectivity index (χ0v) is 17.0. The van der Waals surface area contributed by atoms with E-state index in [0.717, 1.165) is 29.7 Å². The minimum Gasteiger partial charge on any atom is -0.367 e. The fourth-order valence-corrected chi connectivity index (χ4v) is 4.67. The summed E-state index contributed by atoms with van der Waals surface area (Å²) in [4.78, 5) is 8.96. The first kappa shape index (κ1) is 18.9. The molecule has 1 fully saturated rings. The number of nitrogens with zero attached hydrogens (tertiary/aromatic N) is 3. The molecular weight excluding hydrogens is 353 g/mol. The minimum atomic E-state index is -0.198. The lowest BCUT2D eigenvalue weighted by molar-refractivity contribution is 0.170. The Labute approximate surface area is 165 Å². The van der Waals surface area contributed by atoms with Crippen molar-refractivity contribution in [3.05, 3.63) is 54.2 Å². The van der Waals surface area contributed by atoms with Crippen LogP contribution in [0, 0.1) is 5.82 Å². The predicted molar refractivity (Wildman–Crippen MR) is 111 cm³/mol. The van der Waals surface area contributed by atoms with Crippen LogP contribution in [0.15, 0.2) is 42.9 Å². The van der Waals surface area contributed by atoms with E-state index >= 15 is 0 Å². The predicted octanol–water partition coefficient (Wildman–Crippen LogP) is 4.34. The van der Waals surface area contributed by atoms with Crippen molar-refractivity contribution in [1.29, 1.82) is 0 Å². The Kier molecular flexibility index (Phi) is 4.62. The average Bonchev–Trinajstić information content (AvgIpc) is 2.98. The van der Waals surface area contributed by atoms with Crippen molar-refractivity contribution in [2.75, 3.05) is 5.32 Å². The highest BCUT2D eigenvalue weighted by Gasteiger charge is 2.37. The third-order valence-electron chi connectivity index (χ3n) is 5.39. The number of fused-ring (bicyclic) bond motifs is 1. The molecule has 0 spiro atoms. The van der Waals surface area contributed by atoms with E-state index in [-0.39, 0.29) is 16.9 Å². The molecule has 1 aliphatic heterocycles. The Hall–Kier alpha value is -2.47. The smallest absolute Gasteiger partial charge is 0.145 e. The minimum absolute atomic E-state index is 0.0579. The van der Waals surface area contributed by atoms with E-state index < -0.39 is 0 Å². The molecule has 28 heavy (non-hydrogen) atoms. The number of halogens is 1. The van der Waals surface area contributed by atoms with Crippen molar-refractivity contribution >= 4 is 16.9 Å². The summed E-state index contributed by atoms with van der Waals surface area (Å²) in [6, 6.07) is 9.19. The summed E-state index contributed by atoms with van der Waals surface area (Å²) in [7, 11) is 0. The van der Waals surface area contributed by atoms with Crippen LogP contribution in [0.2, 0.25) is 0 Å². The van der Waals surface area contributed by atoms with Crippen molar-refractivity contribution in [3.8, 4) is 0 Å². The van der Waals surface area contributed by atoms with Gasteiger partial charge in [0.25, 0.3) is 0 Å². The van der Waals surface area contributed by atoms with Crippen LogP contribution >= 0.6 is 0 Å². The highest BCUT2D eigenvalue weighted by Crippen LogP contribution is 2.31. The summed E-state index contributed by atoms with van der Waals surface area (Å²) < 4.78 is 16.0. The van der Waals surface area contributed by atoms with Crippen molar-refractivity contribution in [1.82, 2.24) is 19.9 Å². The summed E-state index contributed by atoms with van der Waals surface area (Å²) in [6.45, 7) is 9.40. The Morgan fingerprint density at radius 2 is 1.82 bits per heavy atom. The summed E-state index contributed by atoms with van der Waals surface area (Å²) in [6.07, 6.45) is 5.56. The van der Waals surface area contributed by atoms with Gasteiger partial charge in [0, 0.05) is 28.9 Å². The molecule has 0 bridgehead atoms. The highest BCUT2D eigenvalue weighted by atomic mass is 19.1. The van der Waals surface area contributed by atoms with Gasteiger partial charge >= 0.3 is 0 Å². The van der Waals surface area contributed by atoms with Crippen molar-refractivity contribution in [2.45, 2.75) is 64.2 Å². The molecule has 1 aromatic carbocycles. The molecular formula is C22H28FN5. The average molecular weight is 381 g/mol. The molecule has 148 valence electrons. The molecule has 0 radical (unpaired) electrons. The normalized spacial score (nSPS) is 19.0. The molecule has 1 aliphatic rings. The van der Waals surface area contributed by atoms with Gasteiger partial charge in [-0.2, -0.15) is 0 Å². The van der Waals surface area contributed by atoms with E-state index in [2.05, 4.69) is 48.3 Å². The topological polar surface area (TPSA) is 54.8 Å². The fraction of sp³-hybridized carbons (Fsp3) is 0.455. The maximum atomic E-state index is 14.1. The van der Waals surface area contributed by atoms with Crippen LogP contribution in [0.3, 0.4) is 0 Å². The van der Waals surface area contributed by atoms with Crippen LogP contribution < -0.4 is 10.6 Å². The first-order valence-electron chi connectivity index (χ1n) is 9.82. The van der Waals surface area contributed by atoms with Gasteiger partial charge in [0.2, 0.25) is 0 Å². The van der Waals surface area contributed by atoms with Crippen LogP contribution in [0.1, 0.15) is 46.1 Å². The lowest BCUT2D eigenvalue weighted by Crippen LogP contribution is -2.60. The van der Waals surface area contributed by atoms with Gasteiger partial charge in [-0.05, 0) is 52.7 Å². The maximum Gasteiger partial charge on any atom is 0.145 e. The second-order valence-corrected chi connectivity index (χ2v) is 9.14. The third kappa shape index (κ3) is 3.87. The van der Waals surface area contributed by atoms with Gasteiger partial charge in [0.05, 0.1) is 11.9 Å². The summed E-state index contributed by atoms with van der Waals surface area (Å²) >= 11 is 0. The molecule has 4 rings (SSSR count). The number of anilines is 1. The van der Waals surface area contributed by atoms with Crippen LogP contribution in [0.4, 0.5) is 10.2 Å². The zero-order chi connectivity index (χ0) is 19.9. The van der Waals surface area contributed by atoms with Gasteiger partial charge in [-0.15, -0.1) is 0 Å². The van der Waals surface area contributed by atoms with Crippen molar-refractivity contribution in [2.24, 2.45) is 0 Å². The van der Waals surface area contributed by atoms with Crippen LogP contribution in [-0.2, 0) is 6.54 Å². The zero-order valence-electron chi connectivity index (χ0n) is 17.0. The van der Waals surface area contributed by atoms with Gasteiger partial charge in [-0.25, -0.2) is 14.4 Å². The number of benzene rings is 1. The molecule has 0 saturated carbocycles. The largest absolute Gasteiger partial charge is 0.367 e. The molecule has 5 nitrogen and oxygen atoms in total. The molecule has 0 unspecified atom stereocenters. The molecule has 3 aromatic rings. The number of hydrogen-bond acceptors (Lipinski definition) is 4. The Morgan fingerprint density at radius 3 is 2.54 bits per heavy atom. The van der Waals surface area contributed by atoms with Crippen LogP contribution in [0.5, 0.6) is 0 Å². The van der Waals surface area contributed by atoms with E-state index in [1.54, 1.807) is 18.5 Å². The second kappa shape index (κ2) is 6.85. The first-order valence-corrected chi connectivity index (χ1v) is 9.82. The molecule has 0 atom stereocenters. The lowest BCUT2D eigenvalue weighted by Gasteiger charge is -2.46. The number of rotatable bonds is 4. The number of piperidine rings is 1. The number of nitrogens with one attached hydrogen (secondary N) is 2. The van der Waals surface area contributed by atoms with Gasteiger partial charge in [0.1, 0.15) is 23.6 Å². The lowest BCUT2D eigenvalue weighted by atomic mass is 9.79. The summed E-state index contributed by atoms with van der Waals surface area (Å²) in [5, 5.41) is 8.32. The van der Waals surface area contributed by atoms with Crippen LogP contribution in [-0.4, -0.2) is 31.7 Å². The fourth-order valence-electron chi connectivity index (χ4n) is 4.67. The van der Waals surface area contributed by atoms with Gasteiger partial charge in [-0.3, -0.25) is 0 Å². The molecule has 0 amide bonds. The maximum absolute atomic E-state index is 14.1. The summed E-state index contributed by atoms with van der Waals surface area (Å²) in [5.41, 5.74) is 1.58. The standard InChI is InChI=1S/C22H28FN5/c1-21(2)11-16(12-22(3,4)27-21)26-19-17-9-10-28(20(17)25-14-24-19)13-15-7-5-6-8-18(15)23/h5-10,14,16,27H,11-13H2,1-4H3,(H,24,25,26). The highest BCUT2D eigenvalue weighted by molar-refractivity contribution is 5.87. The van der Waals surface area contributed by atoms with E-state index in [1.165, 1.54) is 6.07 Å².